The number of carbonyl (C=O) groups excluding carboxylic acids is 1. The lowest BCUT2D eigenvalue weighted by Gasteiger charge is -2.32. The summed E-state index contributed by atoms with van der Waals surface area (Å²) in [5.41, 5.74) is 0.821. The average Bonchev–Trinajstić information content (AvgIpc) is 3.23. The summed E-state index contributed by atoms with van der Waals surface area (Å²) in [7, 11) is -2.28. The van der Waals surface area contributed by atoms with Gasteiger partial charge in [0.25, 0.3) is 0 Å². The molecule has 2 saturated heterocycles. The van der Waals surface area contributed by atoms with Gasteiger partial charge < -0.3 is 20.7 Å². The number of fused-ring (bicyclic) bond motifs is 1. The molecule has 2 heterocycles. The normalized spacial score (nSPS) is 32.9. The third-order valence-electron chi connectivity index (χ3n) is 6.92. The summed E-state index contributed by atoms with van der Waals surface area (Å²) in [5, 5.41) is 9.76. The van der Waals surface area contributed by atoms with E-state index in [1.807, 2.05) is 0 Å². The number of rotatable bonds is 7. The largest absolute Gasteiger partial charge is 0.380 e. The summed E-state index contributed by atoms with van der Waals surface area (Å²) in [6.07, 6.45) is 1.34. The molecule has 3 fully saturated rings. The fraction of sp³-hybridized carbons (Fsp3) is 0.682. The molecular formula is C22H33FN4O4S. The van der Waals surface area contributed by atoms with Gasteiger partial charge in [0.1, 0.15) is 6.17 Å². The van der Waals surface area contributed by atoms with Gasteiger partial charge in [-0.1, -0.05) is 12.1 Å². The van der Waals surface area contributed by atoms with Crippen molar-refractivity contribution in [3.8, 4) is 0 Å². The van der Waals surface area contributed by atoms with E-state index in [1.54, 1.807) is 12.1 Å². The fourth-order valence-corrected chi connectivity index (χ4v) is 6.34. The molecule has 1 amide bonds. The minimum Gasteiger partial charge on any atom is -0.380 e. The molecule has 4 rings (SSSR count). The number of nitrogens with one attached hydrogen (secondary N) is 4. The van der Waals surface area contributed by atoms with Crippen LogP contribution in [0.25, 0.3) is 0 Å². The number of halogens is 1. The highest BCUT2D eigenvalue weighted by Crippen LogP contribution is 2.26. The molecule has 1 aliphatic carbocycles. The standard InChI is InChI=1S/C22H33FN4O4S/c1-31-21-11-16(23)4-7-19(21)27-32(29,30)17-5-2-14(3-6-17)12-25-22(28)20-10-15-13-24-9-8-18(15)26-20/h2-3,5-6,15-16,18-21,24,26-27H,4,7-13H2,1H3,(H,25,28). The Bertz CT molecular complexity index is 884. The highest BCUT2D eigenvalue weighted by molar-refractivity contribution is 7.89. The Balaban J connectivity index is 1.30. The third-order valence-corrected chi connectivity index (χ3v) is 8.42. The van der Waals surface area contributed by atoms with Crippen molar-refractivity contribution >= 4 is 15.9 Å². The van der Waals surface area contributed by atoms with Crippen LogP contribution in [0.15, 0.2) is 29.2 Å². The molecule has 8 nitrogen and oxygen atoms in total. The first-order chi connectivity index (χ1) is 15.4. The van der Waals surface area contributed by atoms with Crippen molar-refractivity contribution in [3.63, 3.8) is 0 Å². The highest BCUT2D eigenvalue weighted by Gasteiger charge is 2.38. The number of ether oxygens (including phenoxy) is 1. The Hall–Kier alpha value is -1.59. The smallest absolute Gasteiger partial charge is 0.240 e. The zero-order valence-electron chi connectivity index (χ0n) is 18.3. The number of sulfonamides is 1. The third kappa shape index (κ3) is 5.48. The second-order valence-electron chi connectivity index (χ2n) is 9.09. The summed E-state index contributed by atoms with van der Waals surface area (Å²) in [6, 6.07) is 6.23. The number of amides is 1. The molecule has 0 aromatic heterocycles. The number of hydrogen-bond acceptors (Lipinski definition) is 6. The molecule has 4 N–H and O–H groups in total. The van der Waals surface area contributed by atoms with E-state index in [-0.39, 0.29) is 23.3 Å². The van der Waals surface area contributed by atoms with Crippen LogP contribution in [-0.2, 0) is 26.1 Å². The zero-order chi connectivity index (χ0) is 22.7. The molecular weight excluding hydrogens is 435 g/mol. The van der Waals surface area contributed by atoms with Crippen molar-refractivity contribution in [3.05, 3.63) is 29.8 Å². The molecule has 6 atom stereocenters. The van der Waals surface area contributed by atoms with Gasteiger partial charge in [-0.05, 0) is 62.4 Å². The number of piperidine rings is 1. The predicted molar refractivity (Wildman–Crippen MR) is 118 cm³/mol. The number of benzene rings is 1. The Labute approximate surface area is 189 Å². The first kappa shape index (κ1) is 23.6. The van der Waals surface area contributed by atoms with Crippen LogP contribution in [0.1, 0.15) is 37.7 Å². The van der Waals surface area contributed by atoms with Crippen LogP contribution in [0.2, 0.25) is 0 Å². The predicted octanol–water partition coefficient (Wildman–Crippen LogP) is 0.827. The second kappa shape index (κ2) is 10.1. The van der Waals surface area contributed by atoms with Crippen LogP contribution in [0.5, 0.6) is 0 Å². The maximum Gasteiger partial charge on any atom is 0.240 e. The molecule has 10 heteroatoms. The minimum absolute atomic E-state index is 0.0214. The van der Waals surface area contributed by atoms with Crippen LogP contribution >= 0.6 is 0 Å². The van der Waals surface area contributed by atoms with Crippen molar-refractivity contribution in [1.82, 2.24) is 20.7 Å². The molecule has 0 bridgehead atoms. The molecule has 178 valence electrons. The van der Waals surface area contributed by atoms with Gasteiger partial charge in [0.15, 0.2) is 0 Å². The summed E-state index contributed by atoms with van der Waals surface area (Å²) >= 11 is 0. The van der Waals surface area contributed by atoms with Crippen LogP contribution in [-0.4, -0.2) is 64.9 Å². The zero-order valence-corrected chi connectivity index (χ0v) is 19.2. The maximum absolute atomic E-state index is 13.6. The molecule has 0 spiro atoms. The van der Waals surface area contributed by atoms with E-state index >= 15 is 0 Å². The van der Waals surface area contributed by atoms with Crippen molar-refractivity contribution in [2.75, 3.05) is 20.2 Å². The number of carbonyl (C=O) groups is 1. The molecule has 1 aromatic carbocycles. The van der Waals surface area contributed by atoms with Crippen LogP contribution in [0.3, 0.4) is 0 Å². The molecule has 1 aromatic rings. The van der Waals surface area contributed by atoms with Gasteiger partial charge in [0, 0.05) is 32.2 Å². The first-order valence-electron chi connectivity index (χ1n) is 11.4. The Morgan fingerprint density at radius 1 is 1.19 bits per heavy atom. The van der Waals surface area contributed by atoms with Gasteiger partial charge >= 0.3 is 0 Å². The summed E-state index contributed by atoms with van der Waals surface area (Å²) < 4.78 is 47.1. The molecule has 1 saturated carbocycles. The quantitative estimate of drug-likeness (QED) is 0.472. The van der Waals surface area contributed by atoms with Gasteiger partial charge in [-0.2, -0.15) is 0 Å². The van der Waals surface area contributed by atoms with E-state index < -0.39 is 28.3 Å². The van der Waals surface area contributed by atoms with Gasteiger partial charge in [0.2, 0.25) is 15.9 Å². The highest BCUT2D eigenvalue weighted by atomic mass is 32.2. The fourth-order valence-electron chi connectivity index (χ4n) is 5.04. The van der Waals surface area contributed by atoms with Crippen molar-refractivity contribution < 1.29 is 22.3 Å². The first-order valence-corrected chi connectivity index (χ1v) is 12.9. The Morgan fingerprint density at radius 2 is 1.97 bits per heavy atom. The summed E-state index contributed by atoms with van der Waals surface area (Å²) in [4.78, 5) is 12.7. The van der Waals surface area contributed by atoms with Gasteiger partial charge in [-0.25, -0.2) is 17.5 Å². The van der Waals surface area contributed by atoms with Crippen LogP contribution in [0, 0.1) is 5.92 Å². The number of methoxy groups -OCH3 is 1. The average molecular weight is 469 g/mol. The monoisotopic (exact) mass is 468 g/mol. The van der Waals surface area contributed by atoms with Gasteiger partial charge in [0.05, 0.1) is 17.0 Å². The second-order valence-corrected chi connectivity index (χ2v) is 10.8. The topological polar surface area (TPSA) is 109 Å². The van der Waals surface area contributed by atoms with Crippen molar-refractivity contribution in [2.45, 2.75) is 73.9 Å². The summed E-state index contributed by atoms with van der Waals surface area (Å²) in [5.74, 6) is 0.473. The number of alkyl halides is 1. The van der Waals surface area contributed by atoms with Crippen molar-refractivity contribution in [1.29, 1.82) is 0 Å². The van der Waals surface area contributed by atoms with Gasteiger partial charge in [-0.15, -0.1) is 0 Å². The van der Waals surface area contributed by atoms with E-state index in [9.17, 15) is 17.6 Å². The molecule has 6 unspecified atom stereocenters. The molecule has 0 radical (unpaired) electrons. The van der Waals surface area contributed by atoms with E-state index in [2.05, 4.69) is 20.7 Å². The lowest BCUT2D eigenvalue weighted by Crippen LogP contribution is -2.48. The Kier molecular flexibility index (Phi) is 7.46. The minimum atomic E-state index is -3.75. The molecule has 32 heavy (non-hydrogen) atoms. The maximum atomic E-state index is 13.6. The van der Waals surface area contributed by atoms with E-state index in [1.165, 1.54) is 19.2 Å². The lowest BCUT2D eigenvalue weighted by atomic mass is 9.92. The Morgan fingerprint density at radius 3 is 2.69 bits per heavy atom. The van der Waals surface area contributed by atoms with E-state index in [0.29, 0.717) is 31.3 Å². The lowest BCUT2D eigenvalue weighted by molar-refractivity contribution is -0.123. The van der Waals surface area contributed by atoms with Crippen molar-refractivity contribution in [2.24, 2.45) is 5.92 Å². The van der Waals surface area contributed by atoms with Crippen LogP contribution < -0.4 is 20.7 Å². The molecule has 2 aliphatic heterocycles. The summed E-state index contributed by atoms with van der Waals surface area (Å²) in [6.45, 7) is 2.27. The van der Waals surface area contributed by atoms with Gasteiger partial charge in [-0.3, -0.25) is 4.79 Å². The van der Waals surface area contributed by atoms with E-state index in [0.717, 1.165) is 31.5 Å². The molecule has 3 aliphatic rings. The number of hydrogen-bond donors (Lipinski definition) is 4. The van der Waals surface area contributed by atoms with Crippen LogP contribution in [0.4, 0.5) is 4.39 Å². The SMILES string of the molecule is COC1CC(F)CCC1NS(=O)(=O)c1ccc(CNC(=O)C2CC3CNCCC3N2)cc1. The van der Waals surface area contributed by atoms with E-state index in [4.69, 9.17) is 4.74 Å².